The molecule has 0 saturated carbocycles. The monoisotopic (exact) mass is 198 g/mol. The topological polar surface area (TPSA) is 26.3 Å². The van der Waals surface area contributed by atoms with E-state index in [2.05, 4.69) is 11.3 Å². The number of esters is 1. The van der Waals surface area contributed by atoms with Crippen molar-refractivity contribution in [1.82, 2.24) is 0 Å². The number of hydrogen-bond acceptors (Lipinski definition) is 2. The van der Waals surface area contributed by atoms with Crippen molar-refractivity contribution in [3.63, 3.8) is 0 Å². The average Bonchev–Trinajstić information content (AvgIpc) is 2.17. The van der Waals surface area contributed by atoms with Gasteiger partial charge in [-0.1, -0.05) is 36.9 Å². The highest BCUT2D eigenvalue weighted by molar-refractivity contribution is 6.15. The third-order valence-corrected chi connectivity index (χ3v) is 1.55. The summed E-state index contributed by atoms with van der Waals surface area (Å²) in [6, 6.07) is 9.22. The molecule has 0 unspecified atom stereocenters. The van der Waals surface area contributed by atoms with Gasteiger partial charge >= 0.3 is 5.97 Å². The van der Waals surface area contributed by atoms with Crippen LogP contribution in [0.5, 0.6) is 0 Å². The van der Waals surface area contributed by atoms with Gasteiger partial charge in [-0.2, -0.15) is 0 Å². The van der Waals surface area contributed by atoms with Gasteiger partial charge in [0, 0.05) is 0 Å². The van der Waals surface area contributed by atoms with E-state index in [4.69, 9.17) is 0 Å². The Morgan fingerprint density at radius 1 is 1.31 bits per heavy atom. The van der Waals surface area contributed by atoms with Crippen molar-refractivity contribution in [1.29, 1.82) is 0 Å². The van der Waals surface area contributed by atoms with Gasteiger partial charge < -0.3 is 4.74 Å². The molecule has 0 saturated heterocycles. The molecule has 1 rings (SSSR count). The van der Waals surface area contributed by atoms with Crippen LogP contribution in [0.4, 0.5) is 0 Å². The van der Waals surface area contributed by atoms with E-state index in [0.29, 0.717) is 5.57 Å². The lowest BCUT2D eigenvalue weighted by Crippen LogP contribution is -2.01. The highest BCUT2D eigenvalue weighted by atomic mass is 35.5. The molecule has 0 N–H and O–H groups in total. The number of halogens is 1. The molecular formula is C10H11ClO2. The Hall–Kier alpha value is -1.28. The maximum atomic E-state index is 11.0. The van der Waals surface area contributed by atoms with Gasteiger partial charge in [0.25, 0.3) is 0 Å². The SMILES string of the molecule is C=C(C(=O)OC)c1ccccc1.Cl. The first-order chi connectivity index (χ1) is 5.75. The first-order valence-electron chi connectivity index (χ1n) is 3.58. The Morgan fingerprint density at radius 2 is 1.85 bits per heavy atom. The van der Waals surface area contributed by atoms with Crippen LogP contribution in [0.1, 0.15) is 5.56 Å². The molecule has 3 heteroatoms. The second-order valence-corrected chi connectivity index (χ2v) is 2.34. The van der Waals surface area contributed by atoms with Gasteiger partial charge in [0.15, 0.2) is 0 Å². The summed E-state index contributed by atoms with van der Waals surface area (Å²) in [5.41, 5.74) is 1.18. The fourth-order valence-electron chi connectivity index (χ4n) is 0.880. The van der Waals surface area contributed by atoms with Gasteiger partial charge in [-0.15, -0.1) is 12.4 Å². The van der Waals surface area contributed by atoms with Gasteiger partial charge in [0.1, 0.15) is 0 Å². The van der Waals surface area contributed by atoms with Crippen molar-refractivity contribution < 1.29 is 9.53 Å². The first-order valence-corrected chi connectivity index (χ1v) is 3.58. The summed E-state index contributed by atoms with van der Waals surface area (Å²) in [5, 5.41) is 0. The second kappa shape index (κ2) is 5.38. The summed E-state index contributed by atoms with van der Waals surface area (Å²) in [4.78, 5) is 11.0. The fourth-order valence-corrected chi connectivity index (χ4v) is 0.880. The molecule has 2 nitrogen and oxygen atoms in total. The highest BCUT2D eigenvalue weighted by Gasteiger charge is 2.07. The number of rotatable bonds is 2. The van der Waals surface area contributed by atoms with E-state index in [0.717, 1.165) is 5.56 Å². The van der Waals surface area contributed by atoms with Crippen LogP contribution in [0.25, 0.3) is 5.57 Å². The first kappa shape index (κ1) is 11.7. The third kappa shape index (κ3) is 2.92. The predicted octanol–water partition coefficient (Wildman–Crippen LogP) is 2.29. The molecule has 1 aromatic carbocycles. The van der Waals surface area contributed by atoms with E-state index >= 15 is 0 Å². The molecule has 70 valence electrons. The third-order valence-electron chi connectivity index (χ3n) is 1.55. The van der Waals surface area contributed by atoms with Crippen molar-refractivity contribution in [3.05, 3.63) is 42.5 Å². The van der Waals surface area contributed by atoms with Gasteiger partial charge in [0.05, 0.1) is 12.7 Å². The molecule has 0 atom stereocenters. The maximum Gasteiger partial charge on any atom is 0.337 e. The molecule has 0 aromatic heterocycles. The molecule has 0 bridgehead atoms. The largest absolute Gasteiger partial charge is 0.465 e. The molecule has 0 radical (unpaired) electrons. The summed E-state index contributed by atoms with van der Waals surface area (Å²) < 4.78 is 4.53. The molecule has 0 fully saturated rings. The number of ether oxygens (including phenoxy) is 1. The van der Waals surface area contributed by atoms with Gasteiger partial charge in [-0.05, 0) is 5.56 Å². The lowest BCUT2D eigenvalue weighted by Gasteiger charge is -2.01. The summed E-state index contributed by atoms with van der Waals surface area (Å²) >= 11 is 0. The van der Waals surface area contributed by atoms with Crippen LogP contribution in [0, 0.1) is 0 Å². The van der Waals surface area contributed by atoms with E-state index in [1.54, 1.807) is 0 Å². The fraction of sp³-hybridized carbons (Fsp3) is 0.100. The van der Waals surface area contributed by atoms with Crippen LogP contribution >= 0.6 is 12.4 Å². The van der Waals surface area contributed by atoms with E-state index in [-0.39, 0.29) is 18.4 Å². The lowest BCUT2D eigenvalue weighted by molar-refractivity contribution is -0.133. The molecule has 0 heterocycles. The summed E-state index contributed by atoms with van der Waals surface area (Å²) in [7, 11) is 1.34. The number of benzene rings is 1. The number of hydrogen-bond donors (Lipinski definition) is 0. The minimum Gasteiger partial charge on any atom is -0.465 e. The molecule has 13 heavy (non-hydrogen) atoms. The predicted molar refractivity (Wildman–Crippen MR) is 54.7 cm³/mol. The minimum atomic E-state index is -0.388. The maximum absolute atomic E-state index is 11.0. The Labute approximate surface area is 83.6 Å². The lowest BCUT2D eigenvalue weighted by atomic mass is 10.1. The van der Waals surface area contributed by atoms with Crippen molar-refractivity contribution in [2.75, 3.05) is 7.11 Å². The number of carbonyl (C=O) groups is 1. The van der Waals surface area contributed by atoms with Crippen LogP contribution in [0.2, 0.25) is 0 Å². The van der Waals surface area contributed by atoms with Crippen molar-refractivity contribution in [3.8, 4) is 0 Å². The zero-order chi connectivity index (χ0) is 8.97. The van der Waals surface area contributed by atoms with Crippen LogP contribution in [0.3, 0.4) is 0 Å². The van der Waals surface area contributed by atoms with Crippen LogP contribution in [-0.4, -0.2) is 13.1 Å². The second-order valence-electron chi connectivity index (χ2n) is 2.34. The van der Waals surface area contributed by atoms with E-state index in [9.17, 15) is 4.79 Å². The van der Waals surface area contributed by atoms with Gasteiger partial charge in [-0.3, -0.25) is 0 Å². The van der Waals surface area contributed by atoms with E-state index in [1.165, 1.54) is 7.11 Å². The van der Waals surface area contributed by atoms with Crippen molar-refractivity contribution in [2.45, 2.75) is 0 Å². The molecule has 1 aromatic rings. The van der Waals surface area contributed by atoms with Crippen molar-refractivity contribution in [2.24, 2.45) is 0 Å². The van der Waals surface area contributed by atoms with E-state index < -0.39 is 0 Å². The van der Waals surface area contributed by atoms with Crippen LogP contribution in [0.15, 0.2) is 36.9 Å². The molecule has 0 amide bonds. The summed E-state index contributed by atoms with van der Waals surface area (Å²) in [5.74, 6) is -0.388. The van der Waals surface area contributed by atoms with Crippen LogP contribution < -0.4 is 0 Å². The minimum absolute atomic E-state index is 0. The number of methoxy groups -OCH3 is 1. The Kier molecular flexibility index (Phi) is 4.85. The van der Waals surface area contributed by atoms with Gasteiger partial charge in [0.2, 0.25) is 0 Å². The van der Waals surface area contributed by atoms with Crippen molar-refractivity contribution >= 4 is 23.9 Å². The zero-order valence-electron chi connectivity index (χ0n) is 7.32. The normalized spacial score (nSPS) is 8.38. The average molecular weight is 199 g/mol. The Balaban J connectivity index is 0.00000144. The standard InChI is InChI=1S/C10H10O2.ClH/c1-8(10(11)12-2)9-6-4-3-5-7-9;/h3-7H,1H2,2H3;1H. The quantitative estimate of drug-likeness (QED) is 0.539. The van der Waals surface area contributed by atoms with Gasteiger partial charge in [-0.25, -0.2) is 4.79 Å². The molecular weight excluding hydrogens is 188 g/mol. The molecule has 0 spiro atoms. The van der Waals surface area contributed by atoms with E-state index in [1.807, 2.05) is 30.3 Å². The smallest absolute Gasteiger partial charge is 0.337 e. The zero-order valence-corrected chi connectivity index (χ0v) is 8.14. The molecule has 0 aliphatic heterocycles. The number of carbonyl (C=O) groups excluding carboxylic acids is 1. The summed E-state index contributed by atoms with van der Waals surface area (Å²) in [6.07, 6.45) is 0. The highest BCUT2D eigenvalue weighted by Crippen LogP contribution is 2.12. The summed E-state index contributed by atoms with van der Waals surface area (Å²) in [6.45, 7) is 3.62. The Morgan fingerprint density at radius 3 is 2.31 bits per heavy atom. The Bertz CT molecular complexity index is 293. The molecule has 0 aliphatic carbocycles. The molecule has 0 aliphatic rings. The van der Waals surface area contributed by atoms with Crippen LogP contribution in [-0.2, 0) is 9.53 Å².